The van der Waals surface area contributed by atoms with E-state index in [0.717, 1.165) is 64.2 Å². The number of tetrazole rings is 1. The molecule has 1 saturated heterocycles. The quantitative estimate of drug-likeness (QED) is 0.751. The van der Waals surface area contributed by atoms with Crippen LogP contribution >= 0.6 is 0 Å². The molecule has 0 bridgehead atoms. The van der Waals surface area contributed by atoms with Crippen molar-refractivity contribution in [3.63, 3.8) is 0 Å². The van der Waals surface area contributed by atoms with Crippen molar-refractivity contribution in [3.8, 4) is 0 Å². The Bertz CT molecular complexity index is 796. The lowest BCUT2D eigenvalue weighted by atomic mass is 10.00. The molecule has 29 heavy (non-hydrogen) atoms. The van der Waals surface area contributed by atoms with Crippen LogP contribution in [-0.2, 0) is 30.8 Å². The highest BCUT2D eigenvalue weighted by atomic mass is 16.2. The number of fused-ring (bicyclic) bond motifs is 1. The zero-order chi connectivity index (χ0) is 19.9. The number of nitrogens with zero attached hydrogens (tertiary/aromatic N) is 6. The van der Waals surface area contributed by atoms with Gasteiger partial charge in [0.2, 0.25) is 5.91 Å². The molecule has 1 fully saturated rings. The van der Waals surface area contributed by atoms with Crippen molar-refractivity contribution in [2.24, 2.45) is 0 Å². The Morgan fingerprint density at radius 3 is 2.55 bits per heavy atom. The van der Waals surface area contributed by atoms with Gasteiger partial charge in [0, 0.05) is 39.1 Å². The first kappa shape index (κ1) is 20.0. The van der Waals surface area contributed by atoms with Crippen LogP contribution in [0.25, 0.3) is 0 Å². The summed E-state index contributed by atoms with van der Waals surface area (Å²) in [7, 11) is 0. The van der Waals surface area contributed by atoms with Crippen LogP contribution in [0.3, 0.4) is 0 Å². The number of hydrogen-bond acceptors (Lipinski definition) is 5. The van der Waals surface area contributed by atoms with Crippen LogP contribution in [0.15, 0.2) is 24.3 Å². The molecule has 1 aromatic heterocycles. The van der Waals surface area contributed by atoms with E-state index >= 15 is 0 Å². The molecule has 3 heterocycles. The zero-order valence-electron chi connectivity index (χ0n) is 17.3. The molecule has 156 valence electrons. The molecular weight excluding hydrogens is 364 g/mol. The molecule has 2 aromatic rings. The average molecular weight is 397 g/mol. The summed E-state index contributed by atoms with van der Waals surface area (Å²) in [6.45, 7) is 5.26. The van der Waals surface area contributed by atoms with Crippen molar-refractivity contribution >= 4 is 5.91 Å². The normalized spacial score (nSPS) is 18.1. The SMILES string of the molecule is O=C(CCCn1nnnc1CN1CCc2ccccc2C1)N1CCCCCCC1. The Morgan fingerprint density at radius 2 is 1.72 bits per heavy atom. The molecule has 2 aliphatic rings. The van der Waals surface area contributed by atoms with Crippen LogP contribution < -0.4 is 0 Å². The Morgan fingerprint density at radius 1 is 0.966 bits per heavy atom. The second-order valence-electron chi connectivity index (χ2n) is 8.30. The second-order valence-corrected chi connectivity index (χ2v) is 8.30. The fraction of sp³-hybridized carbons (Fsp3) is 0.636. The van der Waals surface area contributed by atoms with Gasteiger partial charge in [-0.2, -0.15) is 0 Å². The third-order valence-corrected chi connectivity index (χ3v) is 6.15. The third-order valence-electron chi connectivity index (χ3n) is 6.15. The van der Waals surface area contributed by atoms with Crippen molar-refractivity contribution in [1.82, 2.24) is 30.0 Å². The smallest absolute Gasteiger partial charge is 0.222 e. The average Bonchev–Trinajstić information content (AvgIpc) is 3.14. The van der Waals surface area contributed by atoms with E-state index in [1.807, 2.05) is 4.68 Å². The number of benzene rings is 1. The summed E-state index contributed by atoms with van der Waals surface area (Å²) in [5.74, 6) is 1.18. The van der Waals surface area contributed by atoms with Gasteiger partial charge in [0.1, 0.15) is 0 Å². The van der Waals surface area contributed by atoms with Crippen LogP contribution in [0.5, 0.6) is 0 Å². The van der Waals surface area contributed by atoms with Crippen molar-refractivity contribution in [2.45, 2.75) is 71.0 Å². The van der Waals surface area contributed by atoms with Crippen LogP contribution in [0, 0.1) is 0 Å². The number of hydrogen-bond donors (Lipinski definition) is 0. The van der Waals surface area contributed by atoms with E-state index in [2.05, 4.69) is 49.6 Å². The molecule has 7 heteroatoms. The van der Waals surface area contributed by atoms with Gasteiger partial charge in [-0.3, -0.25) is 9.69 Å². The van der Waals surface area contributed by atoms with E-state index in [-0.39, 0.29) is 5.91 Å². The highest BCUT2D eigenvalue weighted by molar-refractivity contribution is 5.76. The number of carbonyl (C=O) groups excluding carboxylic acids is 1. The summed E-state index contributed by atoms with van der Waals surface area (Å²) < 4.78 is 1.88. The van der Waals surface area contributed by atoms with Gasteiger partial charge in [-0.25, -0.2) is 4.68 Å². The lowest BCUT2D eigenvalue weighted by molar-refractivity contribution is -0.131. The van der Waals surface area contributed by atoms with Crippen molar-refractivity contribution < 1.29 is 4.79 Å². The van der Waals surface area contributed by atoms with E-state index in [0.29, 0.717) is 13.0 Å². The number of likely N-dealkylation sites (tertiary alicyclic amines) is 1. The van der Waals surface area contributed by atoms with Gasteiger partial charge in [0.15, 0.2) is 5.82 Å². The summed E-state index contributed by atoms with van der Waals surface area (Å²) in [6.07, 6.45) is 8.53. The zero-order valence-corrected chi connectivity index (χ0v) is 17.3. The van der Waals surface area contributed by atoms with Crippen LogP contribution in [0.4, 0.5) is 0 Å². The molecule has 0 radical (unpaired) electrons. The molecule has 0 aliphatic carbocycles. The lowest BCUT2D eigenvalue weighted by Crippen LogP contribution is -2.34. The fourth-order valence-electron chi connectivity index (χ4n) is 4.43. The number of rotatable bonds is 6. The number of amides is 1. The molecule has 1 aromatic carbocycles. The molecule has 0 N–H and O–H groups in total. The standard InChI is InChI=1S/C22H32N6O/c29-22(27-13-6-2-1-3-7-14-27)11-8-15-28-21(23-24-25-28)18-26-16-12-19-9-4-5-10-20(19)17-26/h4-5,9-10H,1-3,6-8,11-18H2. The molecule has 2 aliphatic heterocycles. The number of carbonyl (C=O) groups is 1. The van der Waals surface area contributed by atoms with E-state index in [1.165, 1.54) is 30.4 Å². The van der Waals surface area contributed by atoms with Gasteiger partial charge in [-0.15, -0.1) is 5.10 Å². The predicted octanol–water partition coefficient (Wildman–Crippen LogP) is 2.80. The predicted molar refractivity (Wildman–Crippen MR) is 111 cm³/mol. The fourth-order valence-corrected chi connectivity index (χ4v) is 4.43. The Kier molecular flexibility index (Phi) is 6.87. The van der Waals surface area contributed by atoms with E-state index in [1.54, 1.807) is 0 Å². The number of aromatic nitrogens is 4. The van der Waals surface area contributed by atoms with Gasteiger partial charge >= 0.3 is 0 Å². The molecule has 7 nitrogen and oxygen atoms in total. The first-order valence-electron chi connectivity index (χ1n) is 11.1. The minimum absolute atomic E-state index is 0.286. The van der Waals surface area contributed by atoms with E-state index < -0.39 is 0 Å². The largest absolute Gasteiger partial charge is 0.343 e. The third kappa shape index (κ3) is 5.41. The van der Waals surface area contributed by atoms with Gasteiger partial charge in [0.05, 0.1) is 6.54 Å². The molecule has 0 spiro atoms. The first-order valence-corrected chi connectivity index (χ1v) is 11.1. The van der Waals surface area contributed by atoms with Crippen LogP contribution in [-0.4, -0.2) is 55.5 Å². The Hall–Kier alpha value is -2.28. The molecule has 0 unspecified atom stereocenters. The molecule has 1 amide bonds. The summed E-state index contributed by atoms with van der Waals surface area (Å²) in [6, 6.07) is 8.65. The van der Waals surface area contributed by atoms with Crippen LogP contribution in [0.1, 0.15) is 61.9 Å². The van der Waals surface area contributed by atoms with E-state index in [4.69, 9.17) is 0 Å². The maximum absolute atomic E-state index is 12.6. The minimum atomic E-state index is 0.286. The highest BCUT2D eigenvalue weighted by Crippen LogP contribution is 2.19. The lowest BCUT2D eigenvalue weighted by Gasteiger charge is -2.28. The second kappa shape index (κ2) is 9.96. The monoisotopic (exact) mass is 396 g/mol. The Balaban J connectivity index is 1.26. The maximum Gasteiger partial charge on any atom is 0.222 e. The highest BCUT2D eigenvalue weighted by Gasteiger charge is 2.19. The van der Waals surface area contributed by atoms with Gasteiger partial charge in [-0.1, -0.05) is 43.5 Å². The van der Waals surface area contributed by atoms with Crippen molar-refractivity contribution in [1.29, 1.82) is 0 Å². The van der Waals surface area contributed by atoms with Crippen molar-refractivity contribution in [2.75, 3.05) is 19.6 Å². The summed E-state index contributed by atoms with van der Waals surface area (Å²) >= 11 is 0. The first-order chi connectivity index (χ1) is 14.3. The molecule has 0 atom stereocenters. The van der Waals surface area contributed by atoms with Gasteiger partial charge in [-0.05, 0) is 47.2 Å². The Labute approximate surface area is 173 Å². The number of aryl methyl sites for hydroxylation is 1. The maximum atomic E-state index is 12.6. The minimum Gasteiger partial charge on any atom is -0.343 e. The van der Waals surface area contributed by atoms with Crippen LogP contribution in [0.2, 0.25) is 0 Å². The summed E-state index contributed by atoms with van der Waals surface area (Å²) in [5.41, 5.74) is 2.85. The van der Waals surface area contributed by atoms with E-state index in [9.17, 15) is 4.79 Å². The molecule has 0 saturated carbocycles. The summed E-state index contributed by atoms with van der Waals surface area (Å²) in [5, 5.41) is 12.3. The van der Waals surface area contributed by atoms with Gasteiger partial charge < -0.3 is 4.90 Å². The molecule has 4 rings (SSSR count). The van der Waals surface area contributed by atoms with Gasteiger partial charge in [0.25, 0.3) is 0 Å². The van der Waals surface area contributed by atoms with Crippen molar-refractivity contribution in [3.05, 3.63) is 41.2 Å². The molecular formula is C22H32N6O. The summed E-state index contributed by atoms with van der Waals surface area (Å²) in [4.78, 5) is 17.0. The topological polar surface area (TPSA) is 67.2 Å².